The number of nitrogens with zero attached hydrogens (tertiary/aromatic N) is 1. The van der Waals surface area contributed by atoms with Gasteiger partial charge in [-0.05, 0) is 42.9 Å². The smallest absolute Gasteiger partial charge is 0.188 e. The van der Waals surface area contributed by atoms with Gasteiger partial charge in [0, 0.05) is 25.2 Å². The van der Waals surface area contributed by atoms with Crippen LogP contribution in [0.25, 0.3) is 0 Å². The van der Waals surface area contributed by atoms with E-state index in [9.17, 15) is 0 Å². The number of ether oxygens (including phenoxy) is 2. The topological polar surface area (TPSA) is 68.9 Å². The lowest BCUT2D eigenvalue weighted by atomic mass is 9.74. The van der Waals surface area contributed by atoms with Crippen LogP contribution in [0.5, 0.6) is 5.75 Å². The molecule has 1 aliphatic heterocycles. The van der Waals surface area contributed by atoms with Crippen molar-refractivity contribution in [2.45, 2.75) is 38.5 Å². The summed E-state index contributed by atoms with van der Waals surface area (Å²) >= 11 is 0. The van der Waals surface area contributed by atoms with Crippen molar-refractivity contribution in [2.75, 3.05) is 33.4 Å². The highest BCUT2D eigenvalue weighted by Crippen LogP contribution is 2.36. The van der Waals surface area contributed by atoms with Crippen molar-refractivity contribution in [1.82, 2.24) is 5.32 Å². The summed E-state index contributed by atoms with van der Waals surface area (Å²) in [5, 5.41) is 3.22. The lowest BCUT2D eigenvalue weighted by Gasteiger charge is -2.36. The Morgan fingerprint density at radius 2 is 1.92 bits per heavy atom. The molecule has 1 aliphatic rings. The van der Waals surface area contributed by atoms with Crippen LogP contribution in [0, 0.1) is 5.92 Å². The van der Waals surface area contributed by atoms with E-state index in [2.05, 4.69) is 36.3 Å². The molecular formula is C19H32IN3O2. The van der Waals surface area contributed by atoms with E-state index in [1.165, 1.54) is 5.56 Å². The van der Waals surface area contributed by atoms with Crippen LogP contribution in [-0.2, 0) is 10.2 Å². The first kappa shape index (κ1) is 22.0. The zero-order chi connectivity index (χ0) is 17.4. The summed E-state index contributed by atoms with van der Waals surface area (Å²) in [4.78, 5) is 4.63. The lowest BCUT2D eigenvalue weighted by Crippen LogP contribution is -2.39. The summed E-state index contributed by atoms with van der Waals surface area (Å²) in [7, 11) is 1.69. The highest BCUT2D eigenvalue weighted by Gasteiger charge is 2.34. The van der Waals surface area contributed by atoms with Crippen molar-refractivity contribution in [2.24, 2.45) is 16.6 Å². The molecule has 6 heteroatoms. The third kappa shape index (κ3) is 6.66. The SMILES string of the molecule is COc1ccc(C2(CN=C(N)NCCC(C)C)CCOCC2)cc1.I. The van der Waals surface area contributed by atoms with Gasteiger partial charge in [0.1, 0.15) is 5.75 Å². The van der Waals surface area contributed by atoms with E-state index in [4.69, 9.17) is 15.2 Å². The minimum absolute atomic E-state index is 0. The third-order valence-electron chi connectivity index (χ3n) is 4.73. The Bertz CT molecular complexity index is 526. The summed E-state index contributed by atoms with van der Waals surface area (Å²) in [5.74, 6) is 2.07. The van der Waals surface area contributed by atoms with Crippen molar-refractivity contribution >= 4 is 29.9 Å². The molecule has 25 heavy (non-hydrogen) atoms. The van der Waals surface area contributed by atoms with Crippen LogP contribution in [0.2, 0.25) is 0 Å². The molecule has 0 atom stereocenters. The number of hydrogen-bond acceptors (Lipinski definition) is 3. The number of nitrogens with two attached hydrogens (primary N) is 1. The first-order chi connectivity index (χ1) is 11.6. The van der Waals surface area contributed by atoms with Gasteiger partial charge in [0.25, 0.3) is 0 Å². The molecule has 3 N–H and O–H groups in total. The number of methoxy groups -OCH3 is 1. The molecular weight excluding hydrogens is 429 g/mol. The van der Waals surface area contributed by atoms with Gasteiger partial charge in [-0.25, -0.2) is 0 Å². The molecule has 0 saturated carbocycles. The molecule has 1 fully saturated rings. The van der Waals surface area contributed by atoms with Gasteiger partial charge in [-0.2, -0.15) is 0 Å². The van der Waals surface area contributed by atoms with E-state index in [1.807, 2.05) is 12.1 Å². The molecule has 0 unspecified atom stereocenters. The second-order valence-electron chi connectivity index (χ2n) is 6.93. The minimum atomic E-state index is -0.00509. The second kappa shape index (κ2) is 10.9. The van der Waals surface area contributed by atoms with Crippen LogP contribution < -0.4 is 15.8 Å². The Hall–Kier alpha value is -1.02. The van der Waals surface area contributed by atoms with E-state index in [0.29, 0.717) is 18.4 Å². The minimum Gasteiger partial charge on any atom is -0.497 e. The molecule has 1 aromatic carbocycles. The van der Waals surface area contributed by atoms with Gasteiger partial charge in [0.2, 0.25) is 0 Å². The molecule has 1 aromatic rings. The molecule has 0 amide bonds. The van der Waals surface area contributed by atoms with Gasteiger partial charge >= 0.3 is 0 Å². The van der Waals surface area contributed by atoms with Gasteiger partial charge in [0.15, 0.2) is 5.96 Å². The van der Waals surface area contributed by atoms with Crippen LogP contribution in [0.1, 0.15) is 38.7 Å². The zero-order valence-corrected chi connectivity index (χ0v) is 17.9. The molecule has 1 heterocycles. The third-order valence-corrected chi connectivity index (χ3v) is 4.73. The van der Waals surface area contributed by atoms with Crippen LogP contribution >= 0.6 is 24.0 Å². The van der Waals surface area contributed by atoms with E-state index >= 15 is 0 Å². The fourth-order valence-corrected chi connectivity index (χ4v) is 3.03. The van der Waals surface area contributed by atoms with Gasteiger partial charge in [-0.3, -0.25) is 4.99 Å². The normalized spacial score (nSPS) is 17.0. The zero-order valence-electron chi connectivity index (χ0n) is 15.6. The lowest BCUT2D eigenvalue weighted by molar-refractivity contribution is 0.0531. The first-order valence-corrected chi connectivity index (χ1v) is 8.82. The number of halogens is 1. The Balaban J connectivity index is 0.00000312. The van der Waals surface area contributed by atoms with Crippen molar-refractivity contribution in [3.05, 3.63) is 29.8 Å². The quantitative estimate of drug-likeness (QED) is 0.372. The standard InChI is InChI=1S/C19H31N3O2.HI/c1-15(2)8-11-21-18(20)22-14-19(9-12-24-13-10-19)16-4-6-17(23-3)7-5-16;/h4-7,15H,8-14H2,1-3H3,(H3,20,21,22);1H. The molecule has 2 rings (SSSR count). The highest BCUT2D eigenvalue weighted by molar-refractivity contribution is 14.0. The number of aliphatic imine (C=N–C) groups is 1. The molecule has 1 saturated heterocycles. The monoisotopic (exact) mass is 461 g/mol. The predicted octanol–water partition coefficient (Wildman–Crippen LogP) is 3.31. The number of guanidine groups is 1. The number of rotatable bonds is 7. The largest absolute Gasteiger partial charge is 0.497 e. The van der Waals surface area contributed by atoms with Crippen molar-refractivity contribution in [3.63, 3.8) is 0 Å². The van der Waals surface area contributed by atoms with Crippen LogP contribution in [-0.4, -0.2) is 39.4 Å². The predicted molar refractivity (Wildman–Crippen MR) is 114 cm³/mol. The maximum absolute atomic E-state index is 6.05. The van der Waals surface area contributed by atoms with Crippen molar-refractivity contribution in [3.8, 4) is 5.75 Å². The Morgan fingerprint density at radius 1 is 1.28 bits per heavy atom. The molecule has 0 aromatic heterocycles. The van der Waals surface area contributed by atoms with Crippen LogP contribution in [0.3, 0.4) is 0 Å². The molecule has 0 bridgehead atoms. The van der Waals surface area contributed by atoms with Gasteiger partial charge in [0.05, 0.1) is 13.7 Å². The van der Waals surface area contributed by atoms with Crippen molar-refractivity contribution in [1.29, 1.82) is 0 Å². The van der Waals surface area contributed by atoms with Gasteiger partial charge in [-0.15, -0.1) is 24.0 Å². The molecule has 142 valence electrons. The van der Waals surface area contributed by atoms with E-state index in [1.54, 1.807) is 7.11 Å². The van der Waals surface area contributed by atoms with E-state index in [-0.39, 0.29) is 29.4 Å². The van der Waals surface area contributed by atoms with E-state index in [0.717, 1.165) is 44.8 Å². The Kier molecular flexibility index (Phi) is 9.56. The summed E-state index contributed by atoms with van der Waals surface area (Å²) in [5.41, 5.74) is 7.32. The average Bonchev–Trinajstić information content (AvgIpc) is 2.60. The average molecular weight is 461 g/mol. The summed E-state index contributed by atoms with van der Waals surface area (Å²) < 4.78 is 10.8. The number of nitrogens with one attached hydrogen (secondary N) is 1. The molecule has 0 radical (unpaired) electrons. The fourth-order valence-electron chi connectivity index (χ4n) is 3.03. The van der Waals surface area contributed by atoms with Crippen LogP contribution in [0.4, 0.5) is 0 Å². The van der Waals surface area contributed by atoms with E-state index < -0.39 is 0 Å². The van der Waals surface area contributed by atoms with Gasteiger partial charge in [-0.1, -0.05) is 26.0 Å². The fraction of sp³-hybridized carbons (Fsp3) is 0.632. The Morgan fingerprint density at radius 3 is 2.48 bits per heavy atom. The Labute approximate surface area is 168 Å². The second-order valence-corrected chi connectivity index (χ2v) is 6.93. The maximum Gasteiger partial charge on any atom is 0.188 e. The molecule has 5 nitrogen and oxygen atoms in total. The maximum atomic E-state index is 6.05. The first-order valence-electron chi connectivity index (χ1n) is 8.82. The number of hydrogen-bond donors (Lipinski definition) is 2. The highest BCUT2D eigenvalue weighted by atomic mass is 127. The summed E-state index contributed by atoms with van der Waals surface area (Å²) in [6.45, 7) is 7.49. The van der Waals surface area contributed by atoms with Crippen molar-refractivity contribution < 1.29 is 9.47 Å². The molecule has 0 aliphatic carbocycles. The van der Waals surface area contributed by atoms with Gasteiger partial charge < -0.3 is 20.5 Å². The number of benzene rings is 1. The molecule has 0 spiro atoms. The van der Waals surface area contributed by atoms with Crippen LogP contribution in [0.15, 0.2) is 29.3 Å². The summed E-state index contributed by atoms with van der Waals surface area (Å²) in [6, 6.07) is 8.31. The summed E-state index contributed by atoms with van der Waals surface area (Å²) in [6.07, 6.45) is 3.01.